The van der Waals surface area contributed by atoms with Gasteiger partial charge in [-0.05, 0) is 30.2 Å². The molecule has 1 heterocycles. The van der Waals surface area contributed by atoms with Crippen LogP contribution >= 0.6 is 15.9 Å². The molecule has 3 nitrogen and oxygen atoms in total. The molecule has 1 N–H and O–H groups in total. The Labute approximate surface area is 127 Å². The fraction of sp³-hybridized carbons (Fsp3) is 0.312. The number of aromatic nitrogens is 1. The lowest BCUT2D eigenvalue weighted by Gasteiger charge is -2.12. The fourth-order valence-electron chi connectivity index (χ4n) is 1.92. The first-order chi connectivity index (χ1) is 9.69. The standard InChI is InChI=1S/C16H18BrNO2/c1-2-6-20-15-9-13(10-18-11-15)16(19)8-12-4-3-5-14(17)7-12/h3-5,7,9-11,16,19H,2,6,8H2,1H3. The lowest BCUT2D eigenvalue weighted by molar-refractivity contribution is 0.177. The maximum Gasteiger partial charge on any atom is 0.137 e. The van der Waals surface area contributed by atoms with E-state index in [-0.39, 0.29) is 0 Å². The Bertz CT molecular complexity index is 560. The van der Waals surface area contributed by atoms with E-state index >= 15 is 0 Å². The first-order valence-electron chi connectivity index (χ1n) is 6.69. The van der Waals surface area contributed by atoms with Crippen molar-refractivity contribution in [1.29, 1.82) is 0 Å². The quantitative estimate of drug-likeness (QED) is 0.870. The molecule has 0 spiro atoms. The summed E-state index contributed by atoms with van der Waals surface area (Å²) in [6.07, 6.45) is 4.28. The molecule has 0 saturated heterocycles. The SMILES string of the molecule is CCCOc1cncc(C(O)Cc2cccc(Br)c2)c1. The number of halogens is 1. The summed E-state index contributed by atoms with van der Waals surface area (Å²) < 4.78 is 6.55. The third kappa shape index (κ3) is 4.32. The largest absolute Gasteiger partial charge is 0.492 e. The number of hydrogen-bond acceptors (Lipinski definition) is 3. The molecule has 1 aromatic heterocycles. The average molecular weight is 336 g/mol. The van der Waals surface area contributed by atoms with Gasteiger partial charge in [-0.1, -0.05) is 35.0 Å². The monoisotopic (exact) mass is 335 g/mol. The van der Waals surface area contributed by atoms with Crippen LogP contribution in [0.15, 0.2) is 47.2 Å². The summed E-state index contributed by atoms with van der Waals surface area (Å²) in [5.41, 5.74) is 1.85. The summed E-state index contributed by atoms with van der Waals surface area (Å²) >= 11 is 3.43. The molecule has 106 valence electrons. The zero-order valence-corrected chi connectivity index (χ0v) is 13.0. The number of pyridine rings is 1. The van der Waals surface area contributed by atoms with E-state index < -0.39 is 6.10 Å². The first-order valence-corrected chi connectivity index (χ1v) is 7.48. The summed E-state index contributed by atoms with van der Waals surface area (Å²) in [5.74, 6) is 0.706. The third-order valence-electron chi connectivity index (χ3n) is 2.91. The van der Waals surface area contributed by atoms with Crippen LogP contribution in [0, 0.1) is 0 Å². The molecular weight excluding hydrogens is 318 g/mol. The van der Waals surface area contributed by atoms with Crippen LogP contribution < -0.4 is 4.74 Å². The number of aliphatic hydroxyl groups is 1. The second-order valence-corrected chi connectivity index (χ2v) is 5.57. The lowest BCUT2D eigenvalue weighted by atomic mass is 10.0. The number of rotatable bonds is 6. The van der Waals surface area contributed by atoms with Crippen LogP contribution in [0.3, 0.4) is 0 Å². The maximum absolute atomic E-state index is 10.3. The van der Waals surface area contributed by atoms with Gasteiger partial charge in [-0.25, -0.2) is 0 Å². The van der Waals surface area contributed by atoms with Crippen LogP contribution in [0.25, 0.3) is 0 Å². The van der Waals surface area contributed by atoms with E-state index in [1.165, 1.54) is 0 Å². The zero-order chi connectivity index (χ0) is 14.4. The van der Waals surface area contributed by atoms with Gasteiger partial charge >= 0.3 is 0 Å². The molecule has 1 unspecified atom stereocenters. The summed E-state index contributed by atoms with van der Waals surface area (Å²) in [6, 6.07) is 9.79. The molecule has 0 aliphatic rings. The van der Waals surface area contributed by atoms with Crippen molar-refractivity contribution in [2.45, 2.75) is 25.9 Å². The van der Waals surface area contributed by atoms with Gasteiger partial charge in [0.1, 0.15) is 5.75 Å². The number of benzene rings is 1. The van der Waals surface area contributed by atoms with E-state index in [0.29, 0.717) is 18.8 Å². The minimum Gasteiger partial charge on any atom is -0.492 e. The predicted molar refractivity (Wildman–Crippen MR) is 82.8 cm³/mol. The van der Waals surface area contributed by atoms with E-state index in [1.807, 2.05) is 30.3 Å². The van der Waals surface area contributed by atoms with Crippen molar-refractivity contribution in [2.24, 2.45) is 0 Å². The Kier molecular flexibility index (Phi) is 5.56. The molecule has 2 aromatic rings. The molecule has 1 atom stereocenters. The van der Waals surface area contributed by atoms with Crippen LogP contribution in [0.4, 0.5) is 0 Å². The highest BCUT2D eigenvalue weighted by Gasteiger charge is 2.10. The van der Waals surface area contributed by atoms with E-state index in [4.69, 9.17) is 4.74 Å². The lowest BCUT2D eigenvalue weighted by Crippen LogP contribution is -2.04. The van der Waals surface area contributed by atoms with Gasteiger partial charge in [0, 0.05) is 22.7 Å². The van der Waals surface area contributed by atoms with Crippen molar-refractivity contribution in [3.8, 4) is 5.75 Å². The van der Waals surface area contributed by atoms with Crippen LogP contribution in [-0.2, 0) is 6.42 Å². The number of aliphatic hydroxyl groups excluding tert-OH is 1. The van der Waals surface area contributed by atoms with Gasteiger partial charge in [0.05, 0.1) is 18.9 Å². The van der Waals surface area contributed by atoms with Gasteiger partial charge in [-0.15, -0.1) is 0 Å². The molecule has 0 fully saturated rings. The van der Waals surface area contributed by atoms with Crippen molar-refractivity contribution < 1.29 is 9.84 Å². The number of hydrogen-bond donors (Lipinski definition) is 1. The van der Waals surface area contributed by atoms with Crippen molar-refractivity contribution >= 4 is 15.9 Å². The van der Waals surface area contributed by atoms with E-state index in [0.717, 1.165) is 22.0 Å². The molecule has 0 amide bonds. The molecule has 0 radical (unpaired) electrons. The summed E-state index contributed by atoms with van der Waals surface area (Å²) in [7, 11) is 0. The Morgan fingerprint density at radius 1 is 1.30 bits per heavy atom. The molecular formula is C16H18BrNO2. The van der Waals surface area contributed by atoms with Gasteiger partial charge in [-0.2, -0.15) is 0 Å². The topological polar surface area (TPSA) is 42.4 Å². The highest BCUT2D eigenvalue weighted by atomic mass is 79.9. The van der Waals surface area contributed by atoms with Crippen molar-refractivity contribution in [3.63, 3.8) is 0 Å². The first kappa shape index (κ1) is 15.0. The molecule has 0 aliphatic carbocycles. The minimum absolute atomic E-state index is 0.554. The van der Waals surface area contributed by atoms with E-state index in [1.54, 1.807) is 12.4 Å². The smallest absolute Gasteiger partial charge is 0.137 e. The maximum atomic E-state index is 10.3. The Morgan fingerprint density at radius 3 is 2.90 bits per heavy atom. The van der Waals surface area contributed by atoms with Gasteiger partial charge in [-0.3, -0.25) is 4.98 Å². The molecule has 20 heavy (non-hydrogen) atoms. The second-order valence-electron chi connectivity index (χ2n) is 4.65. The number of ether oxygens (including phenoxy) is 1. The van der Waals surface area contributed by atoms with Crippen molar-refractivity contribution in [1.82, 2.24) is 4.98 Å². The molecule has 0 saturated carbocycles. The second kappa shape index (κ2) is 7.41. The Morgan fingerprint density at radius 2 is 2.15 bits per heavy atom. The van der Waals surface area contributed by atoms with Gasteiger partial charge in [0.2, 0.25) is 0 Å². The highest BCUT2D eigenvalue weighted by Crippen LogP contribution is 2.22. The summed E-state index contributed by atoms with van der Waals surface area (Å²) in [4.78, 5) is 4.12. The van der Waals surface area contributed by atoms with Gasteiger partial charge in [0.25, 0.3) is 0 Å². The average Bonchev–Trinajstić information content (AvgIpc) is 2.45. The predicted octanol–water partition coefficient (Wildman–Crippen LogP) is 3.91. The van der Waals surface area contributed by atoms with E-state index in [2.05, 4.69) is 27.8 Å². The molecule has 1 aromatic carbocycles. The number of nitrogens with zero attached hydrogens (tertiary/aromatic N) is 1. The fourth-order valence-corrected chi connectivity index (χ4v) is 2.37. The van der Waals surface area contributed by atoms with Gasteiger partial charge < -0.3 is 9.84 Å². The van der Waals surface area contributed by atoms with Crippen LogP contribution in [0.5, 0.6) is 5.75 Å². The zero-order valence-electron chi connectivity index (χ0n) is 11.4. The normalized spacial score (nSPS) is 12.2. The van der Waals surface area contributed by atoms with Crippen molar-refractivity contribution in [3.05, 3.63) is 58.3 Å². The minimum atomic E-state index is -0.582. The van der Waals surface area contributed by atoms with Crippen molar-refractivity contribution in [2.75, 3.05) is 6.61 Å². The Hall–Kier alpha value is -1.39. The van der Waals surface area contributed by atoms with Crippen LogP contribution in [0.1, 0.15) is 30.6 Å². The van der Waals surface area contributed by atoms with Gasteiger partial charge in [0.15, 0.2) is 0 Å². The summed E-state index contributed by atoms with van der Waals surface area (Å²) in [5, 5.41) is 10.3. The molecule has 0 aliphatic heterocycles. The highest BCUT2D eigenvalue weighted by molar-refractivity contribution is 9.10. The Balaban J connectivity index is 2.06. The molecule has 2 rings (SSSR count). The molecule has 4 heteroatoms. The summed E-state index contributed by atoms with van der Waals surface area (Å²) in [6.45, 7) is 2.71. The van der Waals surface area contributed by atoms with E-state index in [9.17, 15) is 5.11 Å². The van der Waals surface area contributed by atoms with Crippen LogP contribution in [-0.4, -0.2) is 16.7 Å². The molecule has 0 bridgehead atoms. The third-order valence-corrected chi connectivity index (χ3v) is 3.40. The van der Waals surface area contributed by atoms with Crippen LogP contribution in [0.2, 0.25) is 0 Å².